The first-order valence-corrected chi connectivity index (χ1v) is 7.91. The summed E-state index contributed by atoms with van der Waals surface area (Å²) in [6.07, 6.45) is 1.65. The lowest BCUT2D eigenvalue weighted by molar-refractivity contribution is 0.0552. The lowest BCUT2D eigenvalue weighted by Crippen LogP contribution is -2.35. The number of furan rings is 1. The lowest BCUT2D eigenvalue weighted by atomic mass is 9.96. The summed E-state index contributed by atoms with van der Waals surface area (Å²) in [5.41, 5.74) is 1.25. The molecule has 1 aromatic carbocycles. The van der Waals surface area contributed by atoms with Crippen LogP contribution in [0.2, 0.25) is 0 Å². The van der Waals surface area contributed by atoms with Crippen LogP contribution in [0, 0.1) is 19.7 Å². The zero-order valence-corrected chi connectivity index (χ0v) is 14.1. The van der Waals surface area contributed by atoms with Crippen molar-refractivity contribution in [2.24, 2.45) is 0 Å². The van der Waals surface area contributed by atoms with Gasteiger partial charge in [-0.1, -0.05) is 6.07 Å². The largest absolute Gasteiger partial charge is 0.466 e. The van der Waals surface area contributed by atoms with Gasteiger partial charge >= 0.3 is 0 Å². The predicted molar refractivity (Wildman–Crippen MR) is 91.2 cm³/mol. The summed E-state index contributed by atoms with van der Waals surface area (Å²) in [6.45, 7) is 6.28. The van der Waals surface area contributed by atoms with Gasteiger partial charge in [-0.2, -0.15) is 0 Å². The highest BCUT2D eigenvalue weighted by Crippen LogP contribution is 2.26. The van der Waals surface area contributed by atoms with Crippen LogP contribution >= 0.6 is 0 Å². The maximum atomic E-state index is 13.8. The van der Waals surface area contributed by atoms with Gasteiger partial charge in [0.25, 0.3) is 0 Å². The SMILES string of the molecule is Cc1cc(C(C)(O)CNCc2ccc(F)c3cccnc23)c(C)o1. The molecule has 3 rings (SSSR count). The molecule has 0 bridgehead atoms. The van der Waals surface area contributed by atoms with Crippen LogP contribution in [-0.2, 0) is 12.1 Å². The van der Waals surface area contributed by atoms with Crippen LogP contribution in [-0.4, -0.2) is 16.6 Å². The van der Waals surface area contributed by atoms with Gasteiger partial charge in [0.1, 0.15) is 22.9 Å². The van der Waals surface area contributed by atoms with Gasteiger partial charge in [-0.15, -0.1) is 0 Å². The van der Waals surface area contributed by atoms with E-state index in [0.29, 0.717) is 29.8 Å². The standard InChI is InChI=1S/C19H21FN2O2/c1-12-9-16(13(2)24-12)19(3,23)11-21-10-14-6-7-17(20)15-5-4-8-22-18(14)15/h4-9,21,23H,10-11H2,1-3H3. The van der Waals surface area contributed by atoms with Crippen molar-refractivity contribution in [1.29, 1.82) is 0 Å². The van der Waals surface area contributed by atoms with E-state index in [1.165, 1.54) is 6.07 Å². The zero-order valence-electron chi connectivity index (χ0n) is 14.1. The molecule has 0 amide bonds. The van der Waals surface area contributed by atoms with E-state index >= 15 is 0 Å². The molecular weight excluding hydrogens is 307 g/mol. The number of hydrogen-bond acceptors (Lipinski definition) is 4. The Kier molecular flexibility index (Phi) is 4.39. The first-order chi connectivity index (χ1) is 11.4. The molecule has 0 spiro atoms. The molecule has 0 aliphatic rings. The molecule has 0 radical (unpaired) electrons. The maximum Gasteiger partial charge on any atom is 0.132 e. The number of aryl methyl sites for hydroxylation is 2. The molecule has 4 nitrogen and oxygen atoms in total. The van der Waals surface area contributed by atoms with Crippen LogP contribution in [0.3, 0.4) is 0 Å². The second-order valence-electron chi connectivity index (χ2n) is 6.31. The van der Waals surface area contributed by atoms with E-state index in [4.69, 9.17) is 4.42 Å². The Labute approximate surface area is 140 Å². The van der Waals surface area contributed by atoms with Gasteiger partial charge in [-0.25, -0.2) is 4.39 Å². The molecule has 0 aliphatic carbocycles. The van der Waals surface area contributed by atoms with Gasteiger partial charge in [0.05, 0.1) is 5.52 Å². The summed E-state index contributed by atoms with van der Waals surface area (Å²) >= 11 is 0. The Balaban J connectivity index is 1.75. The number of halogens is 1. The van der Waals surface area contributed by atoms with Crippen molar-refractivity contribution in [1.82, 2.24) is 10.3 Å². The fourth-order valence-corrected chi connectivity index (χ4v) is 3.04. The number of rotatable bonds is 5. The van der Waals surface area contributed by atoms with E-state index in [0.717, 1.165) is 16.9 Å². The monoisotopic (exact) mass is 328 g/mol. The Hall–Kier alpha value is -2.24. The predicted octanol–water partition coefficient (Wildman–Crippen LogP) is 3.58. The maximum absolute atomic E-state index is 13.8. The molecule has 0 fully saturated rings. The van der Waals surface area contributed by atoms with Crippen LogP contribution in [0.1, 0.15) is 29.6 Å². The fourth-order valence-electron chi connectivity index (χ4n) is 3.04. The van der Waals surface area contributed by atoms with Gasteiger partial charge in [0.15, 0.2) is 0 Å². The molecule has 126 valence electrons. The van der Waals surface area contributed by atoms with Crippen LogP contribution < -0.4 is 5.32 Å². The van der Waals surface area contributed by atoms with Crippen LogP contribution in [0.15, 0.2) is 40.9 Å². The third-order valence-corrected chi connectivity index (χ3v) is 4.21. The quantitative estimate of drug-likeness (QED) is 0.751. The Morgan fingerprint density at radius 1 is 1.29 bits per heavy atom. The van der Waals surface area contributed by atoms with Gasteiger partial charge in [-0.3, -0.25) is 4.98 Å². The minimum atomic E-state index is -1.05. The highest BCUT2D eigenvalue weighted by atomic mass is 19.1. The molecule has 5 heteroatoms. The van der Waals surface area contributed by atoms with Crippen molar-refractivity contribution in [3.8, 4) is 0 Å². The van der Waals surface area contributed by atoms with E-state index in [2.05, 4.69) is 10.3 Å². The van der Waals surface area contributed by atoms with Gasteiger partial charge in [-0.05, 0) is 50.6 Å². The third kappa shape index (κ3) is 3.18. The zero-order chi connectivity index (χ0) is 17.3. The van der Waals surface area contributed by atoms with E-state index in [9.17, 15) is 9.50 Å². The molecular formula is C19H21FN2O2. The summed E-state index contributed by atoms with van der Waals surface area (Å²) in [4.78, 5) is 4.28. The number of aliphatic hydroxyl groups is 1. The average molecular weight is 328 g/mol. The Morgan fingerprint density at radius 3 is 2.79 bits per heavy atom. The summed E-state index contributed by atoms with van der Waals surface area (Å²) in [6, 6.07) is 8.46. The van der Waals surface area contributed by atoms with Gasteiger partial charge in [0.2, 0.25) is 0 Å². The number of benzene rings is 1. The molecule has 1 atom stereocenters. The third-order valence-electron chi connectivity index (χ3n) is 4.21. The van der Waals surface area contributed by atoms with Gasteiger partial charge in [0, 0.05) is 30.2 Å². The Bertz CT molecular complexity index is 871. The Morgan fingerprint density at radius 2 is 2.08 bits per heavy atom. The van der Waals surface area contributed by atoms with Crippen LogP contribution in [0.4, 0.5) is 4.39 Å². The van der Waals surface area contributed by atoms with E-state index in [-0.39, 0.29) is 5.82 Å². The van der Waals surface area contributed by atoms with Crippen LogP contribution in [0.25, 0.3) is 10.9 Å². The van der Waals surface area contributed by atoms with Crippen molar-refractivity contribution >= 4 is 10.9 Å². The second kappa shape index (κ2) is 6.34. The fraction of sp³-hybridized carbons (Fsp3) is 0.316. The number of nitrogens with zero attached hydrogens (tertiary/aromatic N) is 1. The molecule has 0 saturated carbocycles. The topological polar surface area (TPSA) is 58.3 Å². The number of nitrogens with one attached hydrogen (secondary N) is 1. The highest BCUT2D eigenvalue weighted by molar-refractivity contribution is 5.82. The first-order valence-electron chi connectivity index (χ1n) is 7.91. The summed E-state index contributed by atoms with van der Waals surface area (Å²) in [5, 5.41) is 14.5. The van der Waals surface area contributed by atoms with Crippen molar-refractivity contribution in [3.05, 3.63) is 65.0 Å². The van der Waals surface area contributed by atoms with Gasteiger partial charge < -0.3 is 14.8 Å². The summed E-state index contributed by atoms with van der Waals surface area (Å²) in [7, 11) is 0. The molecule has 24 heavy (non-hydrogen) atoms. The molecule has 0 aliphatic heterocycles. The van der Waals surface area contributed by atoms with E-state index in [1.807, 2.05) is 19.9 Å². The summed E-state index contributed by atoms with van der Waals surface area (Å²) in [5.74, 6) is 1.21. The second-order valence-corrected chi connectivity index (χ2v) is 6.31. The van der Waals surface area contributed by atoms with Crippen molar-refractivity contribution < 1.29 is 13.9 Å². The first kappa shape index (κ1) is 16.6. The van der Waals surface area contributed by atoms with Crippen molar-refractivity contribution in [2.45, 2.75) is 32.9 Å². The average Bonchev–Trinajstić information content (AvgIpc) is 2.89. The lowest BCUT2D eigenvalue weighted by Gasteiger charge is -2.23. The number of aromatic nitrogens is 1. The minimum Gasteiger partial charge on any atom is -0.466 e. The van der Waals surface area contributed by atoms with E-state index in [1.54, 1.807) is 31.3 Å². The molecule has 1 unspecified atom stereocenters. The molecule has 2 aromatic heterocycles. The minimum absolute atomic E-state index is 0.279. The number of hydrogen-bond donors (Lipinski definition) is 2. The number of fused-ring (bicyclic) bond motifs is 1. The van der Waals surface area contributed by atoms with Crippen LogP contribution in [0.5, 0.6) is 0 Å². The normalized spacial score (nSPS) is 14.0. The molecule has 2 N–H and O–H groups in total. The van der Waals surface area contributed by atoms with Crippen molar-refractivity contribution in [3.63, 3.8) is 0 Å². The summed E-state index contributed by atoms with van der Waals surface area (Å²) < 4.78 is 19.3. The molecule has 3 aromatic rings. The smallest absolute Gasteiger partial charge is 0.132 e. The molecule has 2 heterocycles. The molecule has 0 saturated heterocycles. The highest BCUT2D eigenvalue weighted by Gasteiger charge is 2.27. The van der Waals surface area contributed by atoms with Crippen molar-refractivity contribution in [2.75, 3.05) is 6.54 Å². The number of pyridine rings is 1. The van der Waals surface area contributed by atoms with E-state index < -0.39 is 5.60 Å².